The Labute approximate surface area is 213 Å². The van der Waals surface area contributed by atoms with Crippen LogP contribution in [0.2, 0.25) is 0 Å². The van der Waals surface area contributed by atoms with E-state index in [9.17, 15) is 0 Å². The molecule has 1 unspecified atom stereocenters. The maximum atomic E-state index is 6.53. The fourth-order valence-corrected chi connectivity index (χ4v) is 5.18. The van der Waals surface area contributed by atoms with E-state index >= 15 is 0 Å². The lowest BCUT2D eigenvalue weighted by molar-refractivity contribution is 0.122. The van der Waals surface area contributed by atoms with E-state index in [4.69, 9.17) is 14.2 Å². The molecule has 1 saturated carbocycles. The van der Waals surface area contributed by atoms with Crippen LogP contribution < -0.4 is 15.0 Å². The Kier molecular flexibility index (Phi) is 8.08. The quantitative estimate of drug-likeness (QED) is 0.535. The number of ether oxygens (including phenoxy) is 3. The molecule has 192 valence electrons. The van der Waals surface area contributed by atoms with Crippen molar-refractivity contribution in [2.24, 2.45) is 9.98 Å². The third kappa shape index (κ3) is 5.84. The summed E-state index contributed by atoms with van der Waals surface area (Å²) in [6, 6.07) is 4.48. The molecular weight excluding hydrogens is 456 g/mol. The van der Waals surface area contributed by atoms with Gasteiger partial charge < -0.3 is 24.4 Å². The van der Waals surface area contributed by atoms with E-state index in [0.29, 0.717) is 23.6 Å². The highest BCUT2D eigenvalue weighted by Gasteiger charge is 2.25. The van der Waals surface area contributed by atoms with Gasteiger partial charge in [0.25, 0.3) is 0 Å². The molecule has 1 aromatic heterocycles. The van der Waals surface area contributed by atoms with Gasteiger partial charge >= 0.3 is 0 Å². The van der Waals surface area contributed by atoms with Gasteiger partial charge in [0, 0.05) is 62.0 Å². The number of rotatable bonds is 8. The predicted molar refractivity (Wildman–Crippen MR) is 143 cm³/mol. The van der Waals surface area contributed by atoms with Crippen LogP contribution in [0.25, 0.3) is 0 Å². The molecule has 3 aliphatic rings. The van der Waals surface area contributed by atoms with Crippen LogP contribution in [0.15, 0.2) is 34.5 Å². The fraction of sp³-hybridized carbons (Fsp3) is 0.556. The number of hydrogen-bond acceptors (Lipinski definition) is 9. The smallest absolute Gasteiger partial charge is 0.222 e. The highest BCUT2D eigenvalue weighted by Crippen LogP contribution is 2.43. The van der Waals surface area contributed by atoms with Crippen LogP contribution >= 0.6 is 0 Å². The first kappa shape index (κ1) is 24.6. The van der Waals surface area contributed by atoms with E-state index in [2.05, 4.69) is 49.0 Å². The summed E-state index contributed by atoms with van der Waals surface area (Å²) in [7, 11) is 0. The number of hydrogen-bond donors (Lipinski definition) is 1. The molecular formula is C27H36N6O3. The molecule has 36 heavy (non-hydrogen) atoms. The SMILES string of the molecule is C=Nc1c(N=CC)cc(N2CCOCC2)cc1OC1CCC(Nc2ncc(C3CCOC3)cn2)CC1. The minimum Gasteiger partial charge on any atom is -0.488 e. The lowest BCUT2D eigenvalue weighted by Gasteiger charge is -2.32. The Morgan fingerprint density at radius 2 is 1.83 bits per heavy atom. The Hall–Kier alpha value is -3.04. The highest BCUT2D eigenvalue weighted by molar-refractivity contribution is 5.80. The van der Waals surface area contributed by atoms with Crippen LogP contribution in [-0.2, 0) is 9.47 Å². The second-order valence-corrected chi connectivity index (χ2v) is 9.59. The summed E-state index contributed by atoms with van der Waals surface area (Å²) in [6.07, 6.45) is 10.7. The van der Waals surface area contributed by atoms with Crippen molar-refractivity contribution in [3.63, 3.8) is 0 Å². The molecule has 3 heterocycles. The number of nitrogens with zero attached hydrogens (tertiary/aromatic N) is 5. The zero-order valence-electron chi connectivity index (χ0n) is 21.1. The van der Waals surface area contributed by atoms with Crippen molar-refractivity contribution in [3.8, 4) is 5.75 Å². The summed E-state index contributed by atoms with van der Waals surface area (Å²) < 4.78 is 17.5. The average Bonchev–Trinajstić information content (AvgIpc) is 3.46. The van der Waals surface area contributed by atoms with Crippen molar-refractivity contribution in [1.82, 2.24) is 9.97 Å². The lowest BCUT2D eigenvalue weighted by Crippen LogP contribution is -2.36. The number of aliphatic imine (C=N–C) groups is 2. The first-order valence-electron chi connectivity index (χ1n) is 13.0. The molecule has 9 nitrogen and oxygen atoms in total. The van der Waals surface area contributed by atoms with Gasteiger partial charge in [-0.2, -0.15) is 0 Å². The van der Waals surface area contributed by atoms with Crippen LogP contribution in [0.5, 0.6) is 5.75 Å². The molecule has 1 aromatic carbocycles. The van der Waals surface area contributed by atoms with Crippen molar-refractivity contribution in [2.45, 2.75) is 57.1 Å². The summed E-state index contributed by atoms with van der Waals surface area (Å²) in [6.45, 7) is 10.4. The zero-order chi connectivity index (χ0) is 24.7. The highest BCUT2D eigenvalue weighted by atomic mass is 16.5. The minimum atomic E-state index is 0.118. The largest absolute Gasteiger partial charge is 0.488 e. The fourth-order valence-electron chi connectivity index (χ4n) is 5.18. The molecule has 2 saturated heterocycles. The molecule has 2 aliphatic heterocycles. The third-order valence-corrected chi connectivity index (χ3v) is 7.22. The average molecular weight is 493 g/mol. The number of benzene rings is 1. The van der Waals surface area contributed by atoms with E-state index in [1.54, 1.807) is 6.21 Å². The Morgan fingerprint density at radius 3 is 2.50 bits per heavy atom. The maximum absolute atomic E-state index is 6.53. The molecule has 1 aliphatic carbocycles. The van der Waals surface area contributed by atoms with Gasteiger partial charge in [-0.3, -0.25) is 9.98 Å². The molecule has 3 fully saturated rings. The standard InChI is InChI=1S/C27H36N6O3/c1-3-29-24-14-22(33-9-12-34-13-10-33)15-25(26(24)28-2)36-23-6-4-21(5-7-23)32-27-30-16-20(17-31-27)19-8-11-35-18-19/h3,14-17,19,21,23H,2,4-13,18H2,1H3,(H,30,31,32). The molecule has 0 radical (unpaired) electrons. The minimum absolute atomic E-state index is 0.118. The van der Waals surface area contributed by atoms with Gasteiger partial charge in [0.15, 0.2) is 0 Å². The third-order valence-electron chi connectivity index (χ3n) is 7.22. The van der Waals surface area contributed by atoms with E-state index < -0.39 is 0 Å². The normalized spacial score (nSPS) is 24.7. The van der Waals surface area contributed by atoms with Gasteiger partial charge in [0.1, 0.15) is 11.4 Å². The summed E-state index contributed by atoms with van der Waals surface area (Å²) in [5, 5.41) is 3.51. The second kappa shape index (κ2) is 11.8. The van der Waals surface area contributed by atoms with Crippen molar-refractivity contribution < 1.29 is 14.2 Å². The number of anilines is 2. The Morgan fingerprint density at radius 1 is 1.06 bits per heavy atom. The van der Waals surface area contributed by atoms with E-state index in [1.165, 1.54) is 0 Å². The van der Waals surface area contributed by atoms with Gasteiger partial charge in [-0.05, 0) is 57.4 Å². The Balaban J connectivity index is 1.21. The number of morpholine rings is 1. The molecule has 2 aromatic rings. The van der Waals surface area contributed by atoms with E-state index in [0.717, 1.165) is 94.3 Å². The first-order valence-corrected chi connectivity index (χ1v) is 13.0. The predicted octanol–water partition coefficient (Wildman–Crippen LogP) is 4.67. The van der Waals surface area contributed by atoms with E-state index in [1.807, 2.05) is 19.3 Å². The number of nitrogens with one attached hydrogen (secondary N) is 1. The van der Waals surface area contributed by atoms with Crippen LogP contribution in [0, 0.1) is 0 Å². The molecule has 5 rings (SSSR count). The van der Waals surface area contributed by atoms with Crippen LogP contribution in [0.4, 0.5) is 23.0 Å². The van der Waals surface area contributed by atoms with Gasteiger partial charge in [-0.15, -0.1) is 0 Å². The van der Waals surface area contributed by atoms with Gasteiger partial charge in [0.05, 0.1) is 31.6 Å². The summed E-state index contributed by atoms with van der Waals surface area (Å²) in [4.78, 5) is 20.2. The topological polar surface area (TPSA) is 93.5 Å². The van der Waals surface area contributed by atoms with Gasteiger partial charge in [0.2, 0.25) is 5.95 Å². The van der Waals surface area contributed by atoms with Gasteiger partial charge in [-0.1, -0.05) is 0 Å². The lowest BCUT2D eigenvalue weighted by atomic mass is 9.93. The van der Waals surface area contributed by atoms with Crippen molar-refractivity contribution in [1.29, 1.82) is 0 Å². The summed E-state index contributed by atoms with van der Waals surface area (Å²) in [5.41, 5.74) is 3.73. The van der Waals surface area contributed by atoms with Crippen molar-refractivity contribution in [2.75, 3.05) is 49.7 Å². The molecule has 1 atom stereocenters. The maximum Gasteiger partial charge on any atom is 0.222 e. The second-order valence-electron chi connectivity index (χ2n) is 9.59. The van der Waals surface area contributed by atoms with E-state index in [-0.39, 0.29) is 6.10 Å². The molecule has 1 N–H and O–H groups in total. The van der Waals surface area contributed by atoms with Gasteiger partial charge in [-0.25, -0.2) is 9.97 Å². The zero-order valence-corrected chi connectivity index (χ0v) is 21.1. The molecule has 0 amide bonds. The van der Waals surface area contributed by atoms with Crippen LogP contribution in [0.3, 0.4) is 0 Å². The summed E-state index contributed by atoms with van der Waals surface area (Å²) >= 11 is 0. The summed E-state index contributed by atoms with van der Waals surface area (Å²) in [5.74, 6) is 1.87. The monoisotopic (exact) mass is 492 g/mol. The molecule has 9 heteroatoms. The first-order chi connectivity index (χ1) is 17.7. The van der Waals surface area contributed by atoms with Crippen molar-refractivity contribution >= 4 is 35.9 Å². The Bertz CT molecular complexity index is 1040. The van der Waals surface area contributed by atoms with Crippen LogP contribution in [0.1, 0.15) is 50.5 Å². The molecule has 0 bridgehead atoms. The molecule has 0 spiro atoms. The van der Waals surface area contributed by atoms with Crippen molar-refractivity contribution in [3.05, 3.63) is 30.1 Å². The number of aromatic nitrogens is 2. The van der Waals surface area contributed by atoms with Crippen LogP contribution in [-0.4, -0.2) is 74.6 Å².